The second-order valence-electron chi connectivity index (χ2n) is 8.46. The minimum atomic E-state index is -0.642. The molecule has 0 radical (unpaired) electrons. The number of fused-ring (bicyclic) bond motifs is 1. The van der Waals surface area contributed by atoms with Gasteiger partial charge in [-0.25, -0.2) is 0 Å². The third-order valence-corrected chi connectivity index (χ3v) is 8.39. The minimum Gasteiger partial charge on any atom is -0.461 e. The van der Waals surface area contributed by atoms with E-state index in [1.54, 1.807) is 27.6 Å². The van der Waals surface area contributed by atoms with Gasteiger partial charge in [0.1, 0.15) is 12.6 Å². The second kappa shape index (κ2) is 9.14. The Morgan fingerprint density at radius 3 is 2.73 bits per heavy atom. The summed E-state index contributed by atoms with van der Waals surface area (Å²) in [5, 5.41) is 9.34. The monoisotopic (exact) mass is 436 g/mol. The SMILES string of the molecule is C=CCOC(=O)[C@@H]1[C@@H]2CCC3(S2)C(C(=O)N(CC=C)C(C)C)N(CCCO)C(=O)[C@H]13. The molecule has 3 heterocycles. The van der Waals surface area contributed by atoms with Crippen molar-refractivity contribution < 1.29 is 24.2 Å². The molecule has 0 aromatic carbocycles. The van der Waals surface area contributed by atoms with E-state index in [0.717, 1.165) is 12.8 Å². The molecular weight excluding hydrogens is 404 g/mol. The summed E-state index contributed by atoms with van der Waals surface area (Å²) < 4.78 is 4.70. The number of rotatable bonds is 10. The molecule has 0 saturated carbocycles. The lowest BCUT2D eigenvalue weighted by atomic mass is 9.71. The Morgan fingerprint density at radius 2 is 2.13 bits per heavy atom. The number of carbonyl (C=O) groups excluding carboxylic acids is 3. The van der Waals surface area contributed by atoms with Gasteiger partial charge in [-0.05, 0) is 33.1 Å². The molecule has 0 aromatic rings. The fourth-order valence-corrected chi connectivity index (χ4v) is 7.47. The lowest BCUT2D eigenvalue weighted by molar-refractivity contribution is -0.153. The summed E-state index contributed by atoms with van der Waals surface area (Å²) in [4.78, 5) is 43.5. The number of esters is 1. The molecule has 8 heteroatoms. The van der Waals surface area contributed by atoms with Gasteiger partial charge >= 0.3 is 5.97 Å². The van der Waals surface area contributed by atoms with Crippen LogP contribution < -0.4 is 0 Å². The molecule has 2 bridgehead atoms. The molecule has 1 spiro atoms. The number of thioether (sulfide) groups is 1. The predicted octanol–water partition coefficient (Wildman–Crippen LogP) is 1.61. The van der Waals surface area contributed by atoms with Crippen molar-refractivity contribution in [2.75, 3.05) is 26.3 Å². The molecule has 3 fully saturated rings. The van der Waals surface area contributed by atoms with Gasteiger partial charge in [-0.15, -0.1) is 18.3 Å². The maximum atomic E-state index is 13.7. The standard InChI is InChI=1S/C22H32N2O5S/c1-5-10-23(14(3)4)20(27)18-22-9-8-15(30-22)16(21(28)29-13-6-2)17(22)19(26)24(18)11-7-12-25/h5-6,14-18,25H,1-2,7-13H2,3-4H3/t15-,16+,17-,18?,22?/m0/s1. The van der Waals surface area contributed by atoms with Crippen LogP contribution in [0.4, 0.5) is 0 Å². The van der Waals surface area contributed by atoms with Gasteiger partial charge in [0.25, 0.3) is 0 Å². The van der Waals surface area contributed by atoms with Gasteiger partial charge in [0.05, 0.1) is 16.6 Å². The van der Waals surface area contributed by atoms with Crippen molar-refractivity contribution in [3.63, 3.8) is 0 Å². The Morgan fingerprint density at radius 1 is 1.40 bits per heavy atom. The fourth-order valence-electron chi connectivity index (χ4n) is 5.27. The van der Waals surface area contributed by atoms with Crippen LogP contribution in [0.3, 0.4) is 0 Å². The van der Waals surface area contributed by atoms with Gasteiger partial charge in [0, 0.05) is 31.0 Å². The molecule has 2 unspecified atom stereocenters. The molecule has 3 saturated heterocycles. The van der Waals surface area contributed by atoms with Gasteiger partial charge in [0.2, 0.25) is 11.8 Å². The van der Waals surface area contributed by atoms with Gasteiger partial charge in [0.15, 0.2) is 0 Å². The van der Waals surface area contributed by atoms with Crippen LogP contribution in [0, 0.1) is 11.8 Å². The quantitative estimate of drug-likeness (QED) is 0.414. The highest BCUT2D eigenvalue weighted by Crippen LogP contribution is 2.66. The maximum absolute atomic E-state index is 13.7. The van der Waals surface area contributed by atoms with Crippen LogP contribution in [0.25, 0.3) is 0 Å². The number of aliphatic hydroxyl groups is 1. The summed E-state index contributed by atoms with van der Waals surface area (Å²) in [6.07, 6.45) is 5.09. The summed E-state index contributed by atoms with van der Waals surface area (Å²) in [5.41, 5.74) is 0. The highest BCUT2D eigenvalue weighted by Gasteiger charge is 2.74. The lowest BCUT2D eigenvalue weighted by Crippen LogP contribution is -2.56. The zero-order valence-electron chi connectivity index (χ0n) is 17.8. The number of ether oxygens (including phenoxy) is 1. The Hall–Kier alpha value is -1.80. The maximum Gasteiger partial charge on any atom is 0.311 e. The van der Waals surface area contributed by atoms with E-state index in [0.29, 0.717) is 19.5 Å². The van der Waals surface area contributed by atoms with Crippen LogP contribution in [0.5, 0.6) is 0 Å². The summed E-state index contributed by atoms with van der Waals surface area (Å²) >= 11 is 1.62. The summed E-state index contributed by atoms with van der Waals surface area (Å²) in [6.45, 7) is 12.0. The highest BCUT2D eigenvalue weighted by atomic mass is 32.2. The average molecular weight is 437 g/mol. The van der Waals surface area contributed by atoms with E-state index in [4.69, 9.17) is 4.74 Å². The Labute approximate surface area is 182 Å². The third-order valence-electron chi connectivity index (χ3n) is 6.44. The number of carbonyl (C=O) groups is 3. The van der Waals surface area contributed by atoms with Crippen LogP contribution in [0.15, 0.2) is 25.3 Å². The third kappa shape index (κ3) is 3.58. The van der Waals surface area contributed by atoms with Crippen molar-refractivity contribution in [1.29, 1.82) is 0 Å². The first kappa shape index (κ1) is 22.9. The molecule has 7 nitrogen and oxygen atoms in total. The number of hydrogen-bond acceptors (Lipinski definition) is 6. The van der Waals surface area contributed by atoms with E-state index in [1.165, 1.54) is 6.08 Å². The van der Waals surface area contributed by atoms with Crippen molar-refractivity contribution in [3.8, 4) is 0 Å². The van der Waals surface area contributed by atoms with Crippen LogP contribution in [-0.2, 0) is 19.1 Å². The van der Waals surface area contributed by atoms with Gasteiger partial charge in [-0.1, -0.05) is 18.7 Å². The molecule has 3 aliphatic heterocycles. The van der Waals surface area contributed by atoms with E-state index in [9.17, 15) is 19.5 Å². The number of aliphatic hydroxyl groups excluding tert-OH is 1. The number of likely N-dealkylation sites (tertiary alicyclic amines) is 1. The van der Waals surface area contributed by atoms with E-state index in [2.05, 4.69) is 13.2 Å². The Balaban J connectivity index is 1.99. The zero-order valence-corrected chi connectivity index (χ0v) is 18.6. The van der Waals surface area contributed by atoms with Crippen molar-refractivity contribution in [2.45, 2.75) is 55.2 Å². The average Bonchev–Trinajstić information content (AvgIpc) is 3.35. The summed E-state index contributed by atoms with van der Waals surface area (Å²) in [7, 11) is 0. The molecule has 2 amide bonds. The first-order valence-corrected chi connectivity index (χ1v) is 11.5. The van der Waals surface area contributed by atoms with Crippen LogP contribution in [-0.4, -0.2) is 81.1 Å². The number of hydrogen-bond donors (Lipinski definition) is 1. The molecular formula is C22H32N2O5S. The zero-order chi connectivity index (χ0) is 22.1. The minimum absolute atomic E-state index is 0.0153. The first-order valence-electron chi connectivity index (χ1n) is 10.6. The van der Waals surface area contributed by atoms with E-state index in [1.807, 2.05) is 13.8 Å². The predicted molar refractivity (Wildman–Crippen MR) is 116 cm³/mol. The smallest absolute Gasteiger partial charge is 0.311 e. The highest BCUT2D eigenvalue weighted by molar-refractivity contribution is 8.02. The van der Waals surface area contributed by atoms with E-state index in [-0.39, 0.29) is 42.3 Å². The van der Waals surface area contributed by atoms with Crippen molar-refractivity contribution in [1.82, 2.24) is 9.80 Å². The van der Waals surface area contributed by atoms with E-state index >= 15 is 0 Å². The molecule has 30 heavy (non-hydrogen) atoms. The molecule has 5 atom stereocenters. The largest absolute Gasteiger partial charge is 0.461 e. The fraction of sp³-hybridized carbons (Fsp3) is 0.682. The summed E-state index contributed by atoms with van der Waals surface area (Å²) in [6, 6.07) is -0.686. The molecule has 1 N–H and O–H groups in total. The van der Waals surface area contributed by atoms with E-state index < -0.39 is 22.6 Å². The first-order chi connectivity index (χ1) is 14.3. The topological polar surface area (TPSA) is 87.2 Å². The Kier molecular flexibility index (Phi) is 6.97. The molecule has 166 valence electrons. The van der Waals surface area contributed by atoms with Gasteiger partial charge in [-0.3, -0.25) is 14.4 Å². The second-order valence-corrected chi connectivity index (χ2v) is 10.1. The number of nitrogens with zero attached hydrogens (tertiary/aromatic N) is 2. The molecule has 0 aromatic heterocycles. The van der Waals surface area contributed by atoms with Gasteiger partial charge in [-0.2, -0.15) is 0 Å². The molecule has 3 rings (SSSR count). The molecule has 0 aliphatic carbocycles. The van der Waals surface area contributed by atoms with Crippen molar-refractivity contribution >= 4 is 29.5 Å². The van der Waals surface area contributed by atoms with Crippen molar-refractivity contribution in [3.05, 3.63) is 25.3 Å². The molecule has 3 aliphatic rings. The van der Waals surface area contributed by atoms with Crippen LogP contribution in [0.2, 0.25) is 0 Å². The van der Waals surface area contributed by atoms with Crippen LogP contribution >= 0.6 is 11.8 Å². The Bertz CT molecular complexity index is 726. The normalized spacial score (nSPS) is 31.7. The summed E-state index contributed by atoms with van der Waals surface area (Å²) in [5.74, 6) is -1.76. The van der Waals surface area contributed by atoms with Gasteiger partial charge < -0.3 is 19.6 Å². The number of amides is 2. The lowest BCUT2D eigenvalue weighted by Gasteiger charge is -2.38. The van der Waals surface area contributed by atoms with Crippen LogP contribution in [0.1, 0.15) is 33.1 Å². The van der Waals surface area contributed by atoms with Crippen molar-refractivity contribution in [2.24, 2.45) is 11.8 Å².